The Balaban J connectivity index is 1.70. The molecule has 2 aromatic rings. The summed E-state index contributed by atoms with van der Waals surface area (Å²) in [4.78, 5) is 39.9. The molecule has 25 heavy (non-hydrogen) atoms. The molecule has 4 atom stereocenters. The van der Waals surface area contributed by atoms with E-state index in [0.717, 1.165) is 0 Å². The summed E-state index contributed by atoms with van der Waals surface area (Å²) in [6.45, 7) is -0.688. The first-order valence-electron chi connectivity index (χ1n) is 7.10. The van der Waals surface area contributed by atoms with E-state index in [2.05, 4.69) is 19.5 Å². The van der Waals surface area contributed by atoms with Crippen LogP contribution in [0.4, 0.5) is 5.95 Å². The van der Waals surface area contributed by atoms with Crippen LogP contribution in [0.1, 0.15) is 6.23 Å². The molecule has 13 nitrogen and oxygen atoms in total. The lowest BCUT2D eigenvalue weighted by atomic mass is 10.0. The van der Waals surface area contributed by atoms with Crippen molar-refractivity contribution in [2.45, 2.75) is 24.0 Å². The number of H-pyrrole nitrogens is 1. The van der Waals surface area contributed by atoms with Crippen LogP contribution in [0.5, 0.6) is 0 Å². The van der Waals surface area contributed by atoms with Crippen LogP contribution in [0.25, 0.3) is 11.2 Å². The topological polar surface area (TPSA) is 195 Å². The van der Waals surface area contributed by atoms with Gasteiger partial charge in [0.05, 0.1) is 19.5 Å². The normalized spacial score (nSPS) is 31.9. The standard InChI is InChI=1S/C11H14N5O8P/c12-10-14-7-4(8(18)15-10)13-3-16(7)9-5-6(17)11(24-9,1-22-5)2-23-25(19,20)21/h3,5-6,9,17H,1-2H2,(H2,19,20,21)(H3,12,14,15,18)/t5?,6-,9-,11-/m1/s1. The maximum absolute atomic E-state index is 11.8. The second-order valence-electron chi connectivity index (χ2n) is 5.83. The first kappa shape index (κ1) is 16.6. The Bertz CT molecular complexity index is 938. The summed E-state index contributed by atoms with van der Waals surface area (Å²) in [5.41, 5.74) is 3.69. The van der Waals surface area contributed by atoms with E-state index >= 15 is 0 Å². The molecule has 136 valence electrons. The van der Waals surface area contributed by atoms with Gasteiger partial charge in [-0.3, -0.25) is 18.9 Å². The predicted octanol–water partition coefficient (Wildman–Crippen LogP) is -2.16. The second-order valence-corrected chi connectivity index (χ2v) is 7.07. The third-order valence-electron chi connectivity index (χ3n) is 4.21. The third-order valence-corrected chi connectivity index (χ3v) is 4.67. The molecule has 0 radical (unpaired) electrons. The Kier molecular flexibility index (Phi) is 3.53. The number of anilines is 1. The lowest BCUT2D eigenvalue weighted by molar-refractivity contribution is -0.183. The van der Waals surface area contributed by atoms with Crippen LogP contribution in [0, 0.1) is 0 Å². The Morgan fingerprint density at radius 2 is 2.32 bits per heavy atom. The van der Waals surface area contributed by atoms with Crippen molar-refractivity contribution < 1.29 is 33.5 Å². The van der Waals surface area contributed by atoms with Crippen molar-refractivity contribution in [3.8, 4) is 0 Å². The largest absolute Gasteiger partial charge is 0.469 e. The minimum absolute atomic E-state index is 0.0237. The number of fused-ring (bicyclic) bond motifs is 3. The summed E-state index contributed by atoms with van der Waals surface area (Å²) < 4.78 is 28.0. The number of phosphoric ester groups is 1. The number of imidazole rings is 1. The highest BCUT2D eigenvalue weighted by Gasteiger charge is 2.62. The number of aliphatic hydroxyl groups is 1. The highest BCUT2D eigenvalue weighted by molar-refractivity contribution is 7.46. The van der Waals surface area contributed by atoms with Gasteiger partial charge >= 0.3 is 7.82 Å². The molecule has 2 saturated heterocycles. The summed E-state index contributed by atoms with van der Waals surface area (Å²) in [5, 5.41) is 10.4. The van der Waals surface area contributed by atoms with E-state index in [1.54, 1.807) is 0 Å². The van der Waals surface area contributed by atoms with Gasteiger partial charge in [-0.2, -0.15) is 4.98 Å². The zero-order valence-electron chi connectivity index (χ0n) is 12.5. The molecule has 2 bridgehead atoms. The van der Waals surface area contributed by atoms with E-state index in [-0.39, 0.29) is 23.7 Å². The van der Waals surface area contributed by atoms with Crippen molar-refractivity contribution in [2.75, 3.05) is 18.9 Å². The minimum Gasteiger partial charge on any atom is -0.387 e. The summed E-state index contributed by atoms with van der Waals surface area (Å²) in [6, 6.07) is 0. The first-order chi connectivity index (χ1) is 11.7. The summed E-state index contributed by atoms with van der Waals surface area (Å²) in [7, 11) is -4.75. The smallest absolute Gasteiger partial charge is 0.387 e. The van der Waals surface area contributed by atoms with Crippen LogP contribution in [0.15, 0.2) is 11.1 Å². The number of nitrogens with zero attached hydrogens (tertiary/aromatic N) is 3. The van der Waals surface area contributed by atoms with Crippen molar-refractivity contribution in [2.24, 2.45) is 0 Å². The number of nitrogens with two attached hydrogens (primary N) is 1. The van der Waals surface area contributed by atoms with E-state index < -0.39 is 44.0 Å². The predicted molar refractivity (Wildman–Crippen MR) is 79.2 cm³/mol. The van der Waals surface area contributed by atoms with Gasteiger partial charge in [-0.15, -0.1) is 0 Å². The molecule has 4 rings (SSSR count). The van der Waals surface area contributed by atoms with Crippen LogP contribution >= 0.6 is 7.82 Å². The third kappa shape index (κ3) is 2.57. The van der Waals surface area contributed by atoms with Crippen molar-refractivity contribution in [3.05, 3.63) is 16.7 Å². The number of nitrogen functional groups attached to an aromatic ring is 1. The maximum atomic E-state index is 11.8. The van der Waals surface area contributed by atoms with Crippen LogP contribution in [0.2, 0.25) is 0 Å². The molecule has 2 fully saturated rings. The lowest BCUT2D eigenvalue weighted by Crippen LogP contribution is -2.44. The average Bonchev–Trinajstić information content (AvgIpc) is 3.15. The summed E-state index contributed by atoms with van der Waals surface area (Å²) >= 11 is 0. The van der Waals surface area contributed by atoms with Gasteiger partial charge in [0.25, 0.3) is 5.56 Å². The Labute approximate surface area is 138 Å². The molecule has 0 amide bonds. The molecule has 2 aromatic heterocycles. The van der Waals surface area contributed by atoms with Crippen LogP contribution in [0.3, 0.4) is 0 Å². The monoisotopic (exact) mass is 375 g/mol. The molecule has 14 heteroatoms. The fraction of sp³-hybridized carbons (Fsp3) is 0.545. The number of hydrogen-bond acceptors (Lipinski definition) is 9. The summed E-state index contributed by atoms with van der Waals surface area (Å²) in [5.74, 6) is -0.122. The molecule has 0 aliphatic carbocycles. The lowest BCUT2D eigenvalue weighted by Gasteiger charge is -2.30. The van der Waals surface area contributed by atoms with Gasteiger partial charge in [-0.25, -0.2) is 9.55 Å². The number of aromatic amines is 1. The van der Waals surface area contributed by atoms with Crippen molar-refractivity contribution in [1.29, 1.82) is 0 Å². The van der Waals surface area contributed by atoms with Gasteiger partial charge in [-0.1, -0.05) is 0 Å². The molecule has 0 aromatic carbocycles. The maximum Gasteiger partial charge on any atom is 0.469 e. The first-order valence-corrected chi connectivity index (χ1v) is 8.63. The number of ether oxygens (including phenoxy) is 2. The molecule has 2 aliphatic rings. The quantitative estimate of drug-likeness (QED) is 0.365. The van der Waals surface area contributed by atoms with Gasteiger partial charge in [0, 0.05) is 0 Å². The van der Waals surface area contributed by atoms with Gasteiger partial charge in [0.1, 0.15) is 17.8 Å². The van der Waals surface area contributed by atoms with Crippen molar-refractivity contribution >= 4 is 24.9 Å². The zero-order valence-corrected chi connectivity index (χ0v) is 13.4. The van der Waals surface area contributed by atoms with Crippen LogP contribution in [-0.4, -0.2) is 65.4 Å². The fourth-order valence-corrected chi connectivity index (χ4v) is 3.45. The van der Waals surface area contributed by atoms with Gasteiger partial charge in [-0.05, 0) is 0 Å². The molecular weight excluding hydrogens is 361 g/mol. The van der Waals surface area contributed by atoms with Crippen molar-refractivity contribution in [1.82, 2.24) is 19.5 Å². The average molecular weight is 375 g/mol. The number of nitrogens with one attached hydrogen (secondary N) is 1. The number of hydrogen-bond donors (Lipinski definition) is 5. The molecule has 0 saturated carbocycles. The number of aromatic nitrogens is 4. The van der Waals surface area contributed by atoms with E-state index in [4.69, 9.17) is 25.0 Å². The van der Waals surface area contributed by atoms with Crippen molar-refractivity contribution in [3.63, 3.8) is 0 Å². The number of phosphoric acid groups is 1. The Morgan fingerprint density at radius 3 is 3.04 bits per heavy atom. The molecular formula is C11H14N5O8P. The second kappa shape index (κ2) is 5.32. The molecule has 4 heterocycles. The Morgan fingerprint density at radius 1 is 1.56 bits per heavy atom. The SMILES string of the molecule is Nc1nc2c(ncn2[C@@H]2O[C@@]3(COP(=O)(O)O)COC2[C@H]3O)c(=O)[nH]1. The van der Waals surface area contributed by atoms with E-state index in [9.17, 15) is 14.5 Å². The molecule has 1 unspecified atom stereocenters. The highest BCUT2D eigenvalue weighted by atomic mass is 31.2. The highest BCUT2D eigenvalue weighted by Crippen LogP contribution is 2.48. The Hall–Kier alpha value is -1.86. The van der Waals surface area contributed by atoms with E-state index in [1.807, 2.05) is 0 Å². The minimum atomic E-state index is -4.75. The molecule has 2 aliphatic heterocycles. The fourth-order valence-electron chi connectivity index (χ4n) is 3.06. The van der Waals surface area contributed by atoms with Gasteiger partial charge < -0.3 is 30.1 Å². The van der Waals surface area contributed by atoms with Crippen LogP contribution < -0.4 is 11.3 Å². The summed E-state index contributed by atoms with van der Waals surface area (Å²) in [6.07, 6.45) is -1.71. The molecule has 6 N–H and O–H groups in total. The van der Waals surface area contributed by atoms with Crippen LogP contribution in [-0.2, 0) is 18.6 Å². The number of aliphatic hydroxyl groups excluding tert-OH is 1. The van der Waals surface area contributed by atoms with Gasteiger partial charge in [0.15, 0.2) is 17.4 Å². The number of rotatable bonds is 4. The molecule has 0 spiro atoms. The van der Waals surface area contributed by atoms with E-state index in [1.165, 1.54) is 10.9 Å². The zero-order chi connectivity index (χ0) is 18.0. The van der Waals surface area contributed by atoms with Gasteiger partial charge in [0.2, 0.25) is 5.95 Å². The van der Waals surface area contributed by atoms with E-state index in [0.29, 0.717) is 0 Å².